The van der Waals surface area contributed by atoms with Crippen molar-refractivity contribution >= 4 is 45.5 Å². The molecule has 19 heavy (non-hydrogen) atoms. The van der Waals surface area contributed by atoms with Crippen LogP contribution in [0.15, 0.2) is 18.3 Å². The fourth-order valence-corrected chi connectivity index (χ4v) is 2.26. The van der Waals surface area contributed by atoms with Gasteiger partial charge in [-0.25, -0.2) is 9.36 Å². The number of rotatable bonds is 0. The summed E-state index contributed by atoms with van der Waals surface area (Å²) in [6.45, 7) is 12.4. The van der Waals surface area contributed by atoms with Crippen molar-refractivity contribution in [2.45, 2.75) is 26.4 Å². The van der Waals surface area contributed by atoms with Crippen LogP contribution in [0.1, 0.15) is 20.8 Å². The summed E-state index contributed by atoms with van der Waals surface area (Å²) in [6, 6.07) is 3.43. The molecule has 0 N–H and O–H groups in total. The molecule has 0 saturated heterocycles. The van der Waals surface area contributed by atoms with Crippen LogP contribution < -0.4 is 0 Å². The molecule has 2 rings (SSSR count). The van der Waals surface area contributed by atoms with Crippen molar-refractivity contribution < 1.29 is 9.53 Å². The molecule has 0 aromatic carbocycles. The van der Waals surface area contributed by atoms with Crippen LogP contribution in [0.25, 0.3) is 15.9 Å². The topological polar surface area (TPSA) is 48.5 Å². The predicted octanol–water partition coefficient (Wildman–Crippen LogP) is 3.97. The third kappa shape index (κ3) is 2.87. The lowest BCUT2D eigenvalue weighted by Gasteiger charge is -2.19. The van der Waals surface area contributed by atoms with Crippen LogP contribution in [-0.4, -0.2) is 21.2 Å². The molecule has 0 spiro atoms. The van der Waals surface area contributed by atoms with Crippen LogP contribution >= 0.6 is 22.6 Å². The highest BCUT2D eigenvalue weighted by Crippen LogP contribution is 2.25. The third-order valence-electron chi connectivity index (χ3n) is 2.29. The molecule has 0 saturated carbocycles. The first-order chi connectivity index (χ1) is 8.81. The lowest BCUT2D eigenvalue weighted by Crippen LogP contribution is -2.26. The molecule has 5 nitrogen and oxygen atoms in total. The fraction of sp³-hybridized carbons (Fsp3) is 0.308. The van der Waals surface area contributed by atoms with Gasteiger partial charge in [-0.15, -0.1) is 4.98 Å². The minimum Gasteiger partial charge on any atom is -0.443 e. The van der Waals surface area contributed by atoms with E-state index >= 15 is 0 Å². The Morgan fingerprint density at radius 3 is 2.74 bits per heavy atom. The van der Waals surface area contributed by atoms with Crippen molar-refractivity contribution in [1.82, 2.24) is 9.55 Å². The quantitative estimate of drug-likeness (QED) is 0.522. The zero-order chi connectivity index (χ0) is 14.2. The number of fused-ring (bicyclic) bond motifs is 1. The van der Waals surface area contributed by atoms with Crippen molar-refractivity contribution in [2.75, 3.05) is 0 Å². The number of halogens is 1. The monoisotopic (exact) mass is 369 g/mol. The third-order valence-corrected chi connectivity index (χ3v) is 3.15. The highest BCUT2D eigenvalue weighted by molar-refractivity contribution is 14.1. The van der Waals surface area contributed by atoms with Crippen LogP contribution in [0.5, 0.6) is 0 Å². The Morgan fingerprint density at radius 1 is 1.47 bits per heavy atom. The van der Waals surface area contributed by atoms with E-state index < -0.39 is 11.7 Å². The van der Waals surface area contributed by atoms with Gasteiger partial charge >= 0.3 is 6.09 Å². The highest BCUT2D eigenvalue weighted by Gasteiger charge is 2.22. The van der Waals surface area contributed by atoms with Crippen LogP contribution in [0.4, 0.5) is 10.6 Å². The first-order valence-corrected chi connectivity index (χ1v) is 6.68. The van der Waals surface area contributed by atoms with E-state index in [1.807, 2.05) is 0 Å². The van der Waals surface area contributed by atoms with Gasteiger partial charge in [0, 0.05) is 9.77 Å². The molecule has 0 aliphatic rings. The molecule has 0 atom stereocenters. The van der Waals surface area contributed by atoms with Gasteiger partial charge in [0.25, 0.3) is 5.82 Å². The summed E-state index contributed by atoms with van der Waals surface area (Å²) >= 11 is 2.13. The summed E-state index contributed by atoms with van der Waals surface area (Å²) in [7, 11) is 0. The molecule has 0 aliphatic heterocycles. The fourth-order valence-electron chi connectivity index (χ4n) is 1.57. The second-order valence-electron chi connectivity index (χ2n) is 4.98. The van der Waals surface area contributed by atoms with E-state index in [0.717, 1.165) is 8.96 Å². The zero-order valence-electron chi connectivity index (χ0n) is 10.8. The summed E-state index contributed by atoms with van der Waals surface area (Å²) in [4.78, 5) is 19.6. The molecule has 0 bridgehead atoms. The number of hydrogen-bond acceptors (Lipinski definition) is 3. The van der Waals surface area contributed by atoms with Crippen LogP contribution in [-0.2, 0) is 4.74 Å². The summed E-state index contributed by atoms with van der Waals surface area (Å²) in [5.41, 5.74) is -0.122. The van der Waals surface area contributed by atoms with Gasteiger partial charge in [-0.05, 0) is 49.4 Å². The minimum atomic E-state index is -0.573. The summed E-state index contributed by atoms with van der Waals surface area (Å²) in [5, 5.41) is 0.832. The van der Waals surface area contributed by atoms with Gasteiger partial charge in [-0.3, -0.25) is 0 Å². The molecule has 2 aromatic heterocycles. The number of pyridine rings is 1. The normalized spacial score (nSPS) is 11.3. The molecular weight excluding hydrogens is 357 g/mol. The van der Waals surface area contributed by atoms with Crippen molar-refractivity contribution in [2.24, 2.45) is 0 Å². The number of aromatic nitrogens is 2. The standard InChI is InChI=1S/C13H12IN3O2/c1-13(2,3)19-12(18)17-7-9(14)8-5-6-10(15-4)16-11(8)17/h5-7H,1-3H3. The van der Waals surface area contributed by atoms with E-state index in [-0.39, 0.29) is 5.82 Å². The SMILES string of the molecule is [C-]#[N+]c1ccc2c(I)cn(C(=O)OC(C)(C)C)c2n1. The maximum atomic E-state index is 12.1. The second kappa shape index (κ2) is 4.81. The first-order valence-electron chi connectivity index (χ1n) is 5.60. The molecule has 98 valence electrons. The van der Waals surface area contributed by atoms with Crippen molar-refractivity contribution in [1.29, 1.82) is 0 Å². The van der Waals surface area contributed by atoms with E-state index in [2.05, 4.69) is 32.4 Å². The highest BCUT2D eigenvalue weighted by atomic mass is 127. The largest absolute Gasteiger partial charge is 0.443 e. The van der Waals surface area contributed by atoms with Gasteiger partial charge < -0.3 is 9.58 Å². The number of hydrogen-bond donors (Lipinski definition) is 0. The Hall–Kier alpha value is -1.62. The lowest BCUT2D eigenvalue weighted by molar-refractivity contribution is 0.0543. The molecule has 6 heteroatoms. The van der Waals surface area contributed by atoms with Crippen molar-refractivity contribution in [3.63, 3.8) is 0 Å². The van der Waals surface area contributed by atoms with E-state index in [0.29, 0.717) is 5.65 Å². The van der Waals surface area contributed by atoms with E-state index in [1.165, 1.54) is 4.57 Å². The number of nitrogens with zero attached hydrogens (tertiary/aromatic N) is 3. The molecule has 2 heterocycles. The van der Waals surface area contributed by atoms with Gasteiger partial charge in [-0.2, -0.15) is 0 Å². The Morgan fingerprint density at radius 2 is 2.16 bits per heavy atom. The van der Waals surface area contributed by atoms with Crippen LogP contribution in [0.3, 0.4) is 0 Å². The number of carbonyl (C=O) groups excluding carboxylic acids is 1. The molecular formula is C13H12IN3O2. The number of ether oxygens (including phenoxy) is 1. The van der Waals surface area contributed by atoms with Gasteiger partial charge in [0.1, 0.15) is 5.60 Å². The maximum Gasteiger partial charge on any atom is 0.421 e. The van der Waals surface area contributed by atoms with Crippen LogP contribution in [0.2, 0.25) is 0 Å². The van der Waals surface area contributed by atoms with Gasteiger partial charge in [0.15, 0.2) is 0 Å². The van der Waals surface area contributed by atoms with Gasteiger partial charge in [0.2, 0.25) is 5.65 Å². The second-order valence-corrected chi connectivity index (χ2v) is 6.14. The Bertz CT molecular complexity index is 692. The van der Waals surface area contributed by atoms with E-state index in [1.54, 1.807) is 39.1 Å². The zero-order valence-corrected chi connectivity index (χ0v) is 12.9. The molecule has 0 aliphatic carbocycles. The van der Waals surface area contributed by atoms with E-state index in [9.17, 15) is 4.79 Å². The summed E-state index contributed by atoms with van der Waals surface area (Å²) in [6.07, 6.45) is 1.18. The minimum absolute atomic E-state index is 0.256. The Kier molecular flexibility index (Phi) is 3.49. The van der Waals surface area contributed by atoms with Crippen molar-refractivity contribution in [3.8, 4) is 0 Å². The first kappa shape index (κ1) is 13.8. The average molecular weight is 369 g/mol. The van der Waals surface area contributed by atoms with Crippen molar-refractivity contribution in [3.05, 3.63) is 33.3 Å². The summed E-state index contributed by atoms with van der Waals surface area (Å²) < 4.78 is 7.56. The predicted molar refractivity (Wildman–Crippen MR) is 80.3 cm³/mol. The summed E-state index contributed by atoms with van der Waals surface area (Å²) in [5.74, 6) is 0.256. The molecule has 0 radical (unpaired) electrons. The number of carbonyl (C=O) groups is 1. The lowest BCUT2D eigenvalue weighted by atomic mass is 10.2. The Balaban J connectivity index is 2.55. The average Bonchev–Trinajstić information content (AvgIpc) is 2.64. The van der Waals surface area contributed by atoms with Gasteiger partial charge in [0.05, 0.1) is 5.39 Å². The molecule has 2 aromatic rings. The maximum absolute atomic E-state index is 12.1. The molecule has 0 fully saturated rings. The van der Waals surface area contributed by atoms with Crippen LogP contribution in [0, 0.1) is 10.1 Å². The molecule has 0 amide bonds. The molecule has 0 unspecified atom stereocenters. The Labute approximate surface area is 124 Å². The smallest absolute Gasteiger partial charge is 0.421 e. The van der Waals surface area contributed by atoms with Gasteiger partial charge in [-0.1, -0.05) is 12.6 Å². The van der Waals surface area contributed by atoms with E-state index in [4.69, 9.17) is 11.3 Å².